The molecule has 23 heavy (non-hydrogen) atoms. The van der Waals surface area contributed by atoms with E-state index in [1.54, 1.807) is 0 Å². The van der Waals surface area contributed by atoms with Crippen LogP contribution in [-0.2, 0) is 6.42 Å². The number of hydrogen-bond donors (Lipinski definition) is 0. The van der Waals surface area contributed by atoms with Crippen LogP contribution in [0, 0.1) is 5.92 Å². The molecular weight excluding hydrogens is 276 g/mol. The lowest BCUT2D eigenvalue weighted by Gasteiger charge is -2.23. The van der Waals surface area contributed by atoms with Crippen LogP contribution in [0.5, 0.6) is 0 Å². The van der Waals surface area contributed by atoms with Gasteiger partial charge in [0.1, 0.15) is 0 Å². The highest BCUT2D eigenvalue weighted by atomic mass is 14.2. The Labute approximate surface area is 139 Å². The third kappa shape index (κ3) is 3.17. The molecule has 4 rings (SSSR count). The predicted molar refractivity (Wildman–Crippen MR) is 99.7 cm³/mol. The molecule has 0 atom stereocenters. The Morgan fingerprint density at radius 1 is 0.696 bits per heavy atom. The van der Waals surface area contributed by atoms with Gasteiger partial charge in [0.05, 0.1) is 0 Å². The summed E-state index contributed by atoms with van der Waals surface area (Å²) in [6, 6.07) is 24.5. The van der Waals surface area contributed by atoms with Crippen LogP contribution in [0.15, 0.2) is 66.7 Å². The summed E-state index contributed by atoms with van der Waals surface area (Å²) in [7, 11) is 0. The predicted octanol–water partition coefficient (Wildman–Crippen LogP) is 6.63. The summed E-state index contributed by atoms with van der Waals surface area (Å²) in [5, 5.41) is 2.72. The summed E-state index contributed by atoms with van der Waals surface area (Å²) in [4.78, 5) is 0. The maximum absolute atomic E-state index is 2.44. The Morgan fingerprint density at radius 2 is 1.35 bits per heavy atom. The maximum atomic E-state index is 2.44. The van der Waals surface area contributed by atoms with Crippen molar-refractivity contribution < 1.29 is 0 Å². The van der Waals surface area contributed by atoms with Crippen molar-refractivity contribution in [1.82, 2.24) is 0 Å². The van der Waals surface area contributed by atoms with Gasteiger partial charge in [-0.25, -0.2) is 0 Å². The van der Waals surface area contributed by atoms with Gasteiger partial charge in [-0.05, 0) is 45.9 Å². The van der Waals surface area contributed by atoms with Gasteiger partial charge < -0.3 is 0 Å². The van der Waals surface area contributed by atoms with Gasteiger partial charge in [-0.3, -0.25) is 0 Å². The van der Waals surface area contributed by atoms with Crippen molar-refractivity contribution in [2.75, 3.05) is 0 Å². The molecule has 1 aliphatic rings. The molecule has 0 heteroatoms. The monoisotopic (exact) mass is 300 g/mol. The van der Waals surface area contributed by atoms with Gasteiger partial charge in [0.15, 0.2) is 0 Å². The first-order valence-corrected chi connectivity index (χ1v) is 8.97. The summed E-state index contributed by atoms with van der Waals surface area (Å²) in [6.07, 6.45) is 8.30. The van der Waals surface area contributed by atoms with E-state index in [9.17, 15) is 0 Å². The zero-order valence-electron chi connectivity index (χ0n) is 13.7. The molecule has 0 aliphatic heterocycles. The second-order valence-electron chi connectivity index (χ2n) is 6.93. The van der Waals surface area contributed by atoms with E-state index in [0.717, 1.165) is 5.92 Å². The molecule has 0 N–H and O–H groups in total. The highest BCUT2D eigenvalue weighted by Crippen LogP contribution is 2.34. The zero-order valence-corrected chi connectivity index (χ0v) is 13.7. The number of benzene rings is 3. The molecular formula is C23H24. The zero-order chi connectivity index (χ0) is 15.5. The van der Waals surface area contributed by atoms with E-state index in [-0.39, 0.29) is 0 Å². The van der Waals surface area contributed by atoms with Crippen LogP contribution in [0.25, 0.3) is 21.9 Å². The Morgan fingerprint density at radius 3 is 2.09 bits per heavy atom. The standard InChI is InChI=1S/C23H24/c1-3-9-18(10-4-1)15-22-16-20-13-7-8-14-21(20)17-23(22)19-11-5-2-6-12-19/h2,5-8,11-14,16-18H,1,3-4,9-10,15H2. The average molecular weight is 300 g/mol. The molecule has 0 spiro atoms. The number of hydrogen-bond acceptors (Lipinski definition) is 0. The summed E-state index contributed by atoms with van der Waals surface area (Å²) in [5.74, 6) is 0.868. The molecule has 1 saturated carbocycles. The topological polar surface area (TPSA) is 0 Å². The van der Waals surface area contributed by atoms with Crippen LogP contribution in [0.2, 0.25) is 0 Å². The van der Waals surface area contributed by atoms with Crippen molar-refractivity contribution in [2.45, 2.75) is 38.5 Å². The molecule has 0 amide bonds. The van der Waals surface area contributed by atoms with E-state index in [1.165, 1.54) is 66.0 Å². The summed E-state index contributed by atoms with van der Waals surface area (Å²) >= 11 is 0. The molecule has 3 aromatic rings. The minimum atomic E-state index is 0.868. The number of rotatable bonds is 3. The Kier molecular flexibility index (Phi) is 4.15. The second-order valence-corrected chi connectivity index (χ2v) is 6.93. The fourth-order valence-corrected chi connectivity index (χ4v) is 4.05. The van der Waals surface area contributed by atoms with Crippen LogP contribution >= 0.6 is 0 Å². The Bertz CT molecular complexity index is 780. The van der Waals surface area contributed by atoms with E-state index in [4.69, 9.17) is 0 Å². The third-order valence-electron chi connectivity index (χ3n) is 5.29. The fourth-order valence-electron chi connectivity index (χ4n) is 4.05. The van der Waals surface area contributed by atoms with Crippen LogP contribution < -0.4 is 0 Å². The third-order valence-corrected chi connectivity index (χ3v) is 5.29. The van der Waals surface area contributed by atoms with Gasteiger partial charge >= 0.3 is 0 Å². The molecule has 0 saturated heterocycles. The van der Waals surface area contributed by atoms with Crippen molar-refractivity contribution in [3.8, 4) is 11.1 Å². The molecule has 0 bridgehead atoms. The SMILES string of the molecule is c1ccc(-c2cc3ccccc3cc2CC2CCCCC2)cc1. The van der Waals surface area contributed by atoms with Gasteiger partial charge in [-0.1, -0.05) is 92.8 Å². The van der Waals surface area contributed by atoms with Crippen molar-refractivity contribution in [1.29, 1.82) is 0 Å². The van der Waals surface area contributed by atoms with E-state index < -0.39 is 0 Å². The van der Waals surface area contributed by atoms with E-state index in [1.807, 2.05) is 0 Å². The van der Waals surface area contributed by atoms with E-state index in [2.05, 4.69) is 66.7 Å². The highest BCUT2D eigenvalue weighted by Gasteiger charge is 2.16. The Hall–Kier alpha value is -2.08. The number of fused-ring (bicyclic) bond motifs is 1. The second kappa shape index (κ2) is 6.58. The van der Waals surface area contributed by atoms with Gasteiger partial charge in [0, 0.05) is 0 Å². The van der Waals surface area contributed by atoms with E-state index in [0.29, 0.717) is 0 Å². The smallest absolute Gasteiger partial charge is 0.0145 e. The lowest BCUT2D eigenvalue weighted by Crippen LogP contribution is -2.10. The van der Waals surface area contributed by atoms with Gasteiger partial charge in [0.2, 0.25) is 0 Å². The van der Waals surface area contributed by atoms with Crippen molar-refractivity contribution >= 4 is 10.8 Å². The lowest BCUT2D eigenvalue weighted by atomic mass is 9.82. The molecule has 0 radical (unpaired) electrons. The molecule has 0 aromatic heterocycles. The van der Waals surface area contributed by atoms with E-state index >= 15 is 0 Å². The molecule has 0 heterocycles. The first kappa shape index (κ1) is 14.5. The summed E-state index contributed by atoms with van der Waals surface area (Å²) in [6.45, 7) is 0. The highest BCUT2D eigenvalue weighted by molar-refractivity contribution is 5.89. The lowest BCUT2D eigenvalue weighted by molar-refractivity contribution is 0.357. The summed E-state index contributed by atoms with van der Waals surface area (Å²) < 4.78 is 0. The molecule has 1 aliphatic carbocycles. The minimum absolute atomic E-state index is 0.868. The van der Waals surface area contributed by atoms with Crippen molar-refractivity contribution in [3.63, 3.8) is 0 Å². The average Bonchev–Trinajstić information content (AvgIpc) is 2.63. The first-order chi connectivity index (χ1) is 11.4. The fraction of sp³-hybridized carbons (Fsp3) is 0.304. The molecule has 0 nitrogen and oxygen atoms in total. The summed E-state index contributed by atoms with van der Waals surface area (Å²) in [5.41, 5.74) is 4.31. The largest absolute Gasteiger partial charge is 0.0622 e. The minimum Gasteiger partial charge on any atom is -0.0622 e. The van der Waals surface area contributed by atoms with Gasteiger partial charge in [-0.15, -0.1) is 0 Å². The molecule has 0 unspecified atom stereocenters. The maximum Gasteiger partial charge on any atom is -0.0145 e. The van der Waals surface area contributed by atoms with Crippen LogP contribution in [0.3, 0.4) is 0 Å². The van der Waals surface area contributed by atoms with Crippen LogP contribution in [0.4, 0.5) is 0 Å². The van der Waals surface area contributed by atoms with Crippen LogP contribution in [-0.4, -0.2) is 0 Å². The normalized spacial score (nSPS) is 15.8. The van der Waals surface area contributed by atoms with Crippen molar-refractivity contribution in [3.05, 3.63) is 72.3 Å². The first-order valence-electron chi connectivity index (χ1n) is 8.97. The molecule has 116 valence electrons. The van der Waals surface area contributed by atoms with Gasteiger partial charge in [-0.2, -0.15) is 0 Å². The van der Waals surface area contributed by atoms with Crippen LogP contribution in [0.1, 0.15) is 37.7 Å². The van der Waals surface area contributed by atoms with Gasteiger partial charge in [0.25, 0.3) is 0 Å². The Balaban J connectivity index is 1.79. The quantitative estimate of drug-likeness (QED) is 0.509. The van der Waals surface area contributed by atoms with Crippen molar-refractivity contribution in [2.24, 2.45) is 5.92 Å². The molecule has 1 fully saturated rings. The molecule has 3 aromatic carbocycles.